The quantitative estimate of drug-likeness (QED) is 0.185. The van der Waals surface area contributed by atoms with Gasteiger partial charge in [0, 0.05) is 53.3 Å². The van der Waals surface area contributed by atoms with Crippen molar-refractivity contribution in [1.29, 1.82) is 0 Å². The van der Waals surface area contributed by atoms with Gasteiger partial charge in [-0.2, -0.15) is 0 Å². The van der Waals surface area contributed by atoms with Crippen LogP contribution in [-0.4, -0.2) is 14.5 Å². The third-order valence-electron chi connectivity index (χ3n) is 9.63. The fourth-order valence-corrected chi connectivity index (χ4v) is 8.27. The van der Waals surface area contributed by atoms with Crippen molar-refractivity contribution in [2.24, 2.45) is 0 Å². The standard InChI is InChI=1S/C46H29N3S/c1-3-11-30(12-4-1)40-29-41(31-13-5-2-6-14-31)48-46(47-40)32-19-23-35(24-20-32)49-42-17-9-7-15-36(42)38-27-33(21-25-43(38)49)34-22-26-45-39(28-34)37-16-8-10-18-44(37)50-45/h1-29H. The van der Waals surface area contributed by atoms with Gasteiger partial charge in [-0.25, -0.2) is 9.97 Å². The van der Waals surface area contributed by atoms with Crippen LogP contribution in [0.4, 0.5) is 0 Å². The Morgan fingerprint density at radius 1 is 0.360 bits per heavy atom. The van der Waals surface area contributed by atoms with Gasteiger partial charge in [-0.05, 0) is 77.9 Å². The Morgan fingerprint density at radius 3 is 1.62 bits per heavy atom. The zero-order valence-corrected chi connectivity index (χ0v) is 27.8. The Morgan fingerprint density at radius 2 is 0.900 bits per heavy atom. The molecule has 0 saturated carbocycles. The Labute approximate surface area is 293 Å². The van der Waals surface area contributed by atoms with Gasteiger partial charge < -0.3 is 4.57 Å². The number of aromatic nitrogens is 3. The Bertz CT molecular complexity index is 2790. The van der Waals surface area contributed by atoms with Gasteiger partial charge in [0.05, 0.1) is 22.4 Å². The molecule has 3 heterocycles. The second kappa shape index (κ2) is 11.7. The smallest absolute Gasteiger partial charge is 0.160 e. The van der Waals surface area contributed by atoms with Crippen LogP contribution in [0, 0.1) is 0 Å². The summed E-state index contributed by atoms with van der Waals surface area (Å²) in [6, 6.07) is 62.5. The van der Waals surface area contributed by atoms with E-state index in [1.165, 1.54) is 53.1 Å². The number of rotatable bonds is 5. The van der Waals surface area contributed by atoms with Gasteiger partial charge in [-0.15, -0.1) is 11.3 Å². The van der Waals surface area contributed by atoms with Crippen molar-refractivity contribution >= 4 is 53.3 Å². The molecule has 50 heavy (non-hydrogen) atoms. The minimum atomic E-state index is 0.707. The molecule has 0 aliphatic rings. The normalized spacial score (nSPS) is 11.6. The number of thiophene rings is 1. The average Bonchev–Trinajstić information content (AvgIpc) is 3.73. The maximum Gasteiger partial charge on any atom is 0.160 e. The highest BCUT2D eigenvalue weighted by Gasteiger charge is 2.15. The second-order valence-corrected chi connectivity index (χ2v) is 13.7. The molecule has 0 radical (unpaired) electrons. The number of fused-ring (bicyclic) bond motifs is 6. The van der Waals surface area contributed by atoms with E-state index in [9.17, 15) is 0 Å². The summed E-state index contributed by atoms with van der Waals surface area (Å²) in [4.78, 5) is 10.1. The van der Waals surface area contributed by atoms with E-state index < -0.39 is 0 Å². The Hall–Kier alpha value is -6.36. The van der Waals surface area contributed by atoms with E-state index in [1.54, 1.807) is 0 Å². The fourth-order valence-electron chi connectivity index (χ4n) is 7.19. The molecule has 10 rings (SSSR count). The molecule has 3 nitrogen and oxygen atoms in total. The Balaban J connectivity index is 1.07. The second-order valence-electron chi connectivity index (χ2n) is 12.6. The molecule has 0 spiro atoms. The molecule has 0 bridgehead atoms. The van der Waals surface area contributed by atoms with Crippen LogP contribution in [-0.2, 0) is 0 Å². The summed E-state index contributed by atoms with van der Waals surface area (Å²) < 4.78 is 5.02. The molecule has 4 heteroatoms. The molecule has 0 amide bonds. The van der Waals surface area contributed by atoms with Crippen molar-refractivity contribution in [2.45, 2.75) is 0 Å². The van der Waals surface area contributed by atoms with Gasteiger partial charge >= 0.3 is 0 Å². The van der Waals surface area contributed by atoms with E-state index in [1.807, 2.05) is 47.7 Å². The molecule has 234 valence electrons. The first-order chi connectivity index (χ1) is 24.8. The van der Waals surface area contributed by atoms with Gasteiger partial charge in [0.15, 0.2) is 5.82 Å². The van der Waals surface area contributed by atoms with Crippen molar-refractivity contribution in [3.63, 3.8) is 0 Å². The zero-order chi connectivity index (χ0) is 33.0. The maximum absolute atomic E-state index is 5.05. The Kier molecular flexibility index (Phi) is 6.68. The average molecular weight is 656 g/mol. The summed E-state index contributed by atoms with van der Waals surface area (Å²) in [5.74, 6) is 0.707. The lowest BCUT2D eigenvalue weighted by atomic mass is 10.0. The van der Waals surface area contributed by atoms with Gasteiger partial charge in [-0.1, -0.05) is 109 Å². The maximum atomic E-state index is 5.05. The number of hydrogen-bond donors (Lipinski definition) is 0. The summed E-state index contributed by atoms with van der Waals surface area (Å²) >= 11 is 1.86. The van der Waals surface area contributed by atoms with Crippen molar-refractivity contribution in [3.8, 4) is 50.7 Å². The third kappa shape index (κ3) is 4.80. The van der Waals surface area contributed by atoms with Crippen molar-refractivity contribution < 1.29 is 0 Å². The predicted molar refractivity (Wildman–Crippen MR) is 211 cm³/mol. The number of hydrogen-bond acceptors (Lipinski definition) is 3. The number of nitrogens with zero attached hydrogens (tertiary/aromatic N) is 3. The van der Waals surface area contributed by atoms with Crippen molar-refractivity contribution in [1.82, 2.24) is 14.5 Å². The number of para-hydroxylation sites is 1. The van der Waals surface area contributed by atoms with Crippen LogP contribution in [0.1, 0.15) is 0 Å². The molecule has 3 aromatic heterocycles. The minimum Gasteiger partial charge on any atom is -0.309 e. The third-order valence-corrected chi connectivity index (χ3v) is 10.8. The van der Waals surface area contributed by atoms with Crippen molar-refractivity contribution in [2.75, 3.05) is 0 Å². The molecule has 0 fully saturated rings. The van der Waals surface area contributed by atoms with Crippen LogP contribution >= 0.6 is 11.3 Å². The summed E-state index contributed by atoms with van der Waals surface area (Å²) in [5.41, 5.74) is 10.8. The van der Waals surface area contributed by atoms with Crippen molar-refractivity contribution in [3.05, 3.63) is 176 Å². The van der Waals surface area contributed by atoms with E-state index in [-0.39, 0.29) is 0 Å². The predicted octanol–water partition coefficient (Wildman–Crippen LogP) is 12.6. The van der Waals surface area contributed by atoms with E-state index in [2.05, 4.69) is 144 Å². The minimum absolute atomic E-state index is 0.707. The van der Waals surface area contributed by atoms with E-state index in [0.29, 0.717) is 5.82 Å². The van der Waals surface area contributed by atoms with E-state index >= 15 is 0 Å². The SMILES string of the molecule is c1ccc(-c2cc(-c3ccccc3)nc(-c3ccc(-n4c5ccccc5c5cc(-c6ccc7sc8ccccc8c7c6)ccc54)cc3)n2)cc1. The van der Waals surface area contributed by atoms with Crippen LogP contribution in [0.15, 0.2) is 176 Å². The summed E-state index contributed by atoms with van der Waals surface area (Å²) in [6.45, 7) is 0. The monoisotopic (exact) mass is 655 g/mol. The first kappa shape index (κ1) is 28.6. The summed E-state index contributed by atoms with van der Waals surface area (Å²) in [6.07, 6.45) is 0. The van der Waals surface area contributed by atoms with E-state index in [0.717, 1.165) is 33.8 Å². The van der Waals surface area contributed by atoms with Gasteiger partial charge in [-0.3, -0.25) is 0 Å². The summed E-state index contributed by atoms with van der Waals surface area (Å²) in [7, 11) is 0. The molecule has 0 aliphatic heterocycles. The van der Waals surface area contributed by atoms with Crippen LogP contribution < -0.4 is 0 Å². The fraction of sp³-hybridized carbons (Fsp3) is 0. The highest BCUT2D eigenvalue weighted by molar-refractivity contribution is 7.25. The highest BCUT2D eigenvalue weighted by Crippen LogP contribution is 2.39. The van der Waals surface area contributed by atoms with Crippen LogP contribution in [0.5, 0.6) is 0 Å². The van der Waals surface area contributed by atoms with E-state index in [4.69, 9.17) is 9.97 Å². The molecule has 0 N–H and O–H groups in total. The lowest BCUT2D eigenvalue weighted by Gasteiger charge is -2.11. The van der Waals surface area contributed by atoms with Gasteiger partial charge in [0.25, 0.3) is 0 Å². The highest BCUT2D eigenvalue weighted by atomic mass is 32.1. The lowest BCUT2D eigenvalue weighted by Crippen LogP contribution is -1.97. The van der Waals surface area contributed by atoms with Crippen LogP contribution in [0.25, 0.3) is 92.7 Å². The molecular weight excluding hydrogens is 627 g/mol. The molecule has 10 aromatic rings. The largest absolute Gasteiger partial charge is 0.309 e. The number of benzene rings is 7. The molecule has 7 aromatic carbocycles. The zero-order valence-electron chi connectivity index (χ0n) is 27.0. The first-order valence-electron chi connectivity index (χ1n) is 16.8. The van der Waals surface area contributed by atoms with Gasteiger partial charge in [0.1, 0.15) is 0 Å². The van der Waals surface area contributed by atoms with Gasteiger partial charge in [0.2, 0.25) is 0 Å². The molecule has 0 unspecified atom stereocenters. The lowest BCUT2D eigenvalue weighted by molar-refractivity contribution is 1.16. The summed E-state index contributed by atoms with van der Waals surface area (Å²) in [5, 5.41) is 5.12. The molecule has 0 saturated heterocycles. The molecule has 0 atom stereocenters. The first-order valence-corrected chi connectivity index (χ1v) is 17.6. The van der Waals surface area contributed by atoms with Crippen LogP contribution in [0.3, 0.4) is 0 Å². The molecule has 0 aliphatic carbocycles. The van der Waals surface area contributed by atoms with Crippen LogP contribution in [0.2, 0.25) is 0 Å². The topological polar surface area (TPSA) is 30.7 Å². The molecular formula is C46H29N3S.